The molecule has 4 heterocycles. The van der Waals surface area contributed by atoms with Crippen molar-refractivity contribution in [3.05, 3.63) is 72.0 Å². The van der Waals surface area contributed by atoms with Crippen LogP contribution < -0.4 is 16.2 Å². The molecule has 208 valence electrons. The van der Waals surface area contributed by atoms with Crippen LogP contribution in [-0.4, -0.2) is 59.6 Å². The quantitative estimate of drug-likeness (QED) is 0.327. The lowest BCUT2D eigenvalue weighted by atomic mass is 10.0. The third kappa shape index (κ3) is 5.33. The van der Waals surface area contributed by atoms with Gasteiger partial charge in [-0.1, -0.05) is 50.2 Å². The number of nitrogens with one attached hydrogen (secondary N) is 1. The van der Waals surface area contributed by atoms with E-state index in [0.29, 0.717) is 28.0 Å². The normalized spacial score (nSPS) is 21.4. The molecule has 11 heteroatoms. The van der Waals surface area contributed by atoms with Crippen LogP contribution in [0.2, 0.25) is 0 Å². The van der Waals surface area contributed by atoms with Crippen molar-refractivity contribution in [2.75, 3.05) is 13.2 Å². The first-order valence-corrected chi connectivity index (χ1v) is 12.9. The van der Waals surface area contributed by atoms with Gasteiger partial charge in [0.15, 0.2) is 23.9 Å². The number of ether oxygens (including phenoxy) is 4. The molecule has 2 aromatic carbocycles. The highest BCUT2D eigenvalue weighted by Gasteiger charge is 2.50. The predicted molar refractivity (Wildman–Crippen MR) is 145 cm³/mol. The van der Waals surface area contributed by atoms with E-state index in [9.17, 15) is 9.59 Å². The Bertz CT molecular complexity index is 1520. The van der Waals surface area contributed by atoms with E-state index in [1.54, 1.807) is 42.5 Å². The second kappa shape index (κ2) is 11.3. The Morgan fingerprint density at radius 1 is 0.900 bits per heavy atom. The highest BCUT2D eigenvalue weighted by atomic mass is 19.1. The van der Waals surface area contributed by atoms with Crippen molar-refractivity contribution < 1.29 is 32.9 Å². The minimum atomic E-state index is -0.889. The van der Waals surface area contributed by atoms with Crippen LogP contribution in [0.1, 0.15) is 24.2 Å². The molecule has 0 saturated carbocycles. The number of carbonyl (C=O) groups excluding carboxylic acids is 2. The Kier molecular flexibility index (Phi) is 7.67. The van der Waals surface area contributed by atoms with Crippen molar-refractivity contribution in [1.82, 2.24) is 9.97 Å². The maximum Gasteiger partial charge on any atom is 0.404 e. The van der Waals surface area contributed by atoms with Crippen molar-refractivity contribution in [3.63, 3.8) is 0 Å². The Morgan fingerprint density at radius 3 is 2.10 bits per heavy atom. The molecule has 4 aromatic rings. The van der Waals surface area contributed by atoms with Gasteiger partial charge in [0.1, 0.15) is 17.9 Å². The summed E-state index contributed by atoms with van der Waals surface area (Å²) in [6.07, 6.45) is -2.84. The van der Waals surface area contributed by atoms with Gasteiger partial charge in [-0.2, -0.15) is 0 Å². The SMILES string of the molecule is CC.NC(=O)O[C@@H]1CO[C@H]2C1OC[C@H]2Oc1cc2nc(-c3ccc(-c4ccc(C(N)=O)cc4)cc3)c(F)cc2[nH]1. The maximum absolute atomic E-state index is 15.0. The van der Waals surface area contributed by atoms with Gasteiger partial charge in [-0.15, -0.1) is 0 Å². The van der Waals surface area contributed by atoms with Crippen LogP contribution in [0.3, 0.4) is 0 Å². The van der Waals surface area contributed by atoms with Crippen LogP contribution in [0.25, 0.3) is 33.4 Å². The molecule has 4 atom stereocenters. The van der Waals surface area contributed by atoms with E-state index < -0.39 is 42.2 Å². The number of carbonyl (C=O) groups is 2. The Balaban J connectivity index is 0.00000158. The number of nitrogens with two attached hydrogens (primary N) is 2. The molecule has 2 aromatic heterocycles. The van der Waals surface area contributed by atoms with Crippen molar-refractivity contribution in [2.45, 2.75) is 38.3 Å². The number of H-pyrrole nitrogens is 1. The van der Waals surface area contributed by atoms with Gasteiger partial charge >= 0.3 is 6.09 Å². The Hall–Kier alpha value is -4.48. The minimum absolute atomic E-state index is 0.165. The minimum Gasteiger partial charge on any atom is -0.470 e. The molecule has 0 spiro atoms. The Morgan fingerprint density at radius 2 is 1.48 bits per heavy atom. The fourth-order valence-corrected chi connectivity index (χ4v) is 4.86. The summed E-state index contributed by atoms with van der Waals surface area (Å²) in [7, 11) is 0. The third-order valence-corrected chi connectivity index (χ3v) is 6.70. The van der Waals surface area contributed by atoms with Gasteiger partial charge < -0.3 is 35.4 Å². The second-order valence-corrected chi connectivity index (χ2v) is 9.13. The number of halogens is 1. The molecule has 0 aliphatic carbocycles. The summed E-state index contributed by atoms with van der Waals surface area (Å²) >= 11 is 0. The summed E-state index contributed by atoms with van der Waals surface area (Å²) in [4.78, 5) is 29.9. The summed E-state index contributed by atoms with van der Waals surface area (Å²) in [6.45, 7) is 4.40. The standard InChI is InChI=1S/C27H23FN4O6.C2H6/c28-17-9-18-19(10-22(31-18)37-20-11-35-25-21(38-27(30)34)12-36-24(20)25)32-23(17)15-5-1-13(2-6-15)14-3-7-16(8-4-14)26(29)33;1-2/h1-10,20-21,24-25,31H,11-12H2,(H2,29,33)(H2,30,34);1-2H3/t20-,21-,24-,25?;/m1./s1. The molecule has 2 aliphatic heterocycles. The number of aromatic amines is 1. The molecule has 0 bridgehead atoms. The fraction of sp³-hybridized carbons (Fsp3) is 0.276. The van der Waals surface area contributed by atoms with Crippen LogP contribution in [-0.2, 0) is 14.2 Å². The van der Waals surface area contributed by atoms with Gasteiger partial charge in [0.2, 0.25) is 5.91 Å². The fourth-order valence-electron chi connectivity index (χ4n) is 4.86. The van der Waals surface area contributed by atoms with Gasteiger partial charge in [-0.05, 0) is 23.3 Å². The van der Waals surface area contributed by atoms with Crippen molar-refractivity contribution >= 4 is 23.0 Å². The van der Waals surface area contributed by atoms with E-state index >= 15 is 4.39 Å². The molecule has 0 radical (unpaired) electrons. The van der Waals surface area contributed by atoms with Crippen molar-refractivity contribution in [3.8, 4) is 28.3 Å². The number of hydrogen-bond donors (Lipinski definition) is 3. The average Bonchev–Trinajstić information content (AvgIpc) is 3.66. The number of fused-ring (bicyclic) bond motifs is 2. The van der Waals surface area contributed by atoms with E-state index in [0.717, 1.165) is 11.1 Å². The van der Waals surface area contributed by atoms with Crippen LogP contribution >= 0.6 is 0 Å². The van der Waals surface area contributed by atoms with Gasteiger partial charge in [0.05, 0.1) is 24.2 Å². The highest BCUT2D eigenvalue weighted by molar-refractivity contribution is 5.93. The van der Waals surface area contributed by atoms with Crippen LogP contribution in [0.15, 0.2) is 60.7 Å². The molecule has 40 heavy (non-hydrogen) atoms. The summed E-state index contributed by atoms with van der Waals surface area (Å²) in [5.74, 6) is -0.589. The average molecular weight is 549 g/mol. The maximum atomic E-state index is 15.0. The number of primary amides is 2. The monoisotopic (exact) mass is 548 g/mol. The van der Waals surface area contributed by atoms with Gasteiger partial charge in [-0.3, -0.25) is 4.79 Å². The number of pyridine rings is 1. The summed E-state index contributed by atoms with van der Waals surface area (Å²) < 4.78 is 37.5. The molecule has 1 unspecified atom stereocenters. The van der Waals surface area contributed by atoms with Crippen LogP contribution in [0.4, 0.5) is 9.18 Å². The molecule has 2 amide bonds. The zero-order valence-corrected chi connectivity index (χ0v) is 21.9. The van der Waals surface area contributed by atoms with E-state index in [2.05, 4.69) is 9.97 Å². The Labute approximate surface area is 229 Å². The first-order chi connectivity index (χ1) is 19.4. The second-order valence-electron chi connectivity index (χ2n) is 9.13. The number of amides is 2. The third-order valence-electron chi connectivity index (χ3n) is 6.70. The number of nitrogens with zero attached hydrogens (tertiary/aromatic N) is 1. The molecular formula is C29H29FN4O6. The lowest BCUT2D eigenvalue weighted by Gasteiger charge is -2.16. The molecule has 2 fully saturated rings. The van der Waals surface area contributed by atoms with E-state index in [1.807, 2.05) is 26.0 Å². The number of rotatable bonds is 6. The molecule has 2 saturated heterocycles. The van der Waals surface area contributed by atoms with Crippen molar-refractivity contribution in [2.24, 2.45) is 11.5 Å². The number of benzene rings is 2. The molecule has 6 rings (SSSR count). The summed E-state index contributed by atoms with van der Waals surface area (Å²) in [6, 6.07) is 17.3. The lowest BCUT2D eigenvalue weighted by molar-refractivity contribution is -0.000267. The first kappa shape index (κ1) is 27.1. The topological polar surface area (TPSA) is 152 Å². The lowest BCUT2D eigenvalue weighted by Crippen LogP contribution is -2.37. The van der Waals surface area contributed by atoms with Gasteiger partial charge in [-0.25, -0.2) is 14.2 Å². The van der Waals surface area contributed by atoms with E-state index in [1.165, 1.54) is 6.07 Å². The molecule has 5 N–H and O–H groups in total. The summed E-state index contributed by atoms with van der Waals surface area (Å²) in [5.41, 5.74) is 14.5. The zero-order valence-electron chi connectivity index (χ0n) is 21.9. The van der Waals surface area contributed by atoms with Gasteiger partial charge in [0, 0.05) is 23.3 Å². The molecular weight excluding hydrogens is 519 g/mol. The number of aromatic nitrogens is 2. The van der Waals surface area contributed by atoms with E-state index in [4.69, 9.17) is 30.4 Å². The van der Waals surface area contributed by atoms with E-state index in [-0.39, 0.29) is 18.9 Å². The smallest absolute Gasteiger partial charge is 0.404 e. The molecule has 10 nitrogen and oxygen atoms in total. The predicted octanol–water partition coefficient (Wildman–Crippen LogP) is 4.17. The molecule has 2 aliphatic rings. The summed E-state index contributed by atoms with van der Waals surface area (Å²) in [5, 5.41) is 0. The first-order valence-electron chi connectivity index (χ1n) is 12.9. The largest absolute Gasteiger partial charge is 0.470 e. The number of hydrogen-bond acceptors (Lipinski definition) is 7. The van der Waals surface area contributed by atoms with Crippen molar-refractivity contribution in [1.29, 1.82) is 0 Å². The zero-order chi connectivity index (χ0) is 28.4. The highest BCUT2D eigenvalue weighted by Crippen LogP contribution is 2.33. The van der Waals surface area contributed by atoms with Crippen LogP contribution in [0, 0.1) is 5.82 Å². The van der Waals surface area contributed by atoms with Crippen LogP contribution in [0.5, 0.6) is 5.88 Å². The van der Waals surface area contributed by atoms with Gasteiger partial charge in [0.25, 0.3) is 0 Å².